The van der Waals surface area contributed by atoms with Crippen LogP contribution in [0.3, 0.4) is 0 Å². The summed E-state index contributed by atoms with van der Waals surface area (Å²) >= 11 is 1.22. The number of aromatic nitrogens is 5. The van der Waals surface area contributed by atoms with Crippen molar-refractivity contribution >= 4 is 40.2 Å². The van der Waals surface area contributed by atoms with Crippen LogP contribution in [0.4, 0.5) is 10.1 Å². The first-order valence-corrected chi connectivity index (χ1v) is 13.8. The van der Waals surface area contributed by atoms with Gasteiger partial charge in [-0.25, -0.2) is 24.1 Å². The third-order valence-corrected chi connectivity index (χ3v) is 7.41. The second-order valence-corrected chi connectivity index (χ2v) is 10.6. The molecule has 0 aliphatic carbocycles. The zero-order valence-corrected chi connectivity index (χ0v) is 23.6. The summed E-state index contributed by atoms with van der Waals surface area (Å²) in [6.45, 7) is 3.96. The number of thioether (sulfide) groups is 1. The Balaban J connectivity index is 1.46. The number of terminal acetylenes is 1. The number of halogens is 1. The van der Waals surface area contributed by atoms with E-state index in [-0.39, 0.29) is 30.6 Å². The van der Waals surface area contributed by atoms with Gasteiger partial charge in [0.2, 0.25) is 0 Å². The molecule has 1 amide bonds. The van der Waals surface area contributed by atoms with Crippen LogP contribution in [0.5, 0.6) is 0 Å². The lowest BCUT2D eigenvalue weighted by atomic mass is 10.0. The molecule has 2 aromatic carbocycles. The van der Waals surface area contributed by atoms with E-state index in [9.17, 15) is 24.3 Å². The zero-order valence-electron chi connectivity index (χ0n) is 22.8. The molecule has 0 radical (unpaired) electrons. The Labute approximate surface area is 243 Å². The summed E-state index contributed by atoms with van der Waals surface area (Å²) < 4.78 is 15.2. The molecule has 5 N–H and O–H groups in total. The molecule has 4 rings (SSSR count). The Morgan fingerprint density at radius 2 is 2.00 bits per heavy atom. The van der Waals surface area contributed by atoms with Gasteiger partial charge in [0.25, 0.3) is 11.5 Å². The second kappa shape index (κ2) is 13.2. The number of nitrogens with zero attached hydrogens (tertiary/aromatic N) is 3. The minimum atomic E-state index is -1.26. The number of benzene rings is 2. The third-order valence-electron chi connectivity index (χ3n) is 6.45. The summed E-state index contributed by atoms with van der Waals surface area (Å²) in [6, 6.07) is 6.26. The summed E-state index contributed by atoms with van der Waals surface area (Å²) in [5.74, 6) is 0.521. The molecule has 0 saturated carbocycles. The predicted octanol–water partition coefficient (Wildman–Crippen LogP) is 2.49. The number of hydrogen-bond donors (Lipinski definition) is 5. The molecule has 0 aliphatic heterocycles. The highest BCUT2D eigenvalue weighted by molar-refractivity contribution is 7.99. The van der Waals surface area contributed by atoms with Crippen molar-refractivity contribution in [2.24, 2.45) is 0 Å². The number of carboxylic acids is 1. The standard InChI is InChI=1S/C28H28FN7O5S/c1-4-9-36(14-17-12-20-23(11-15(17)2)30-16(3)31-25(20)38)18-7-8-19(21(29)13-18)24(37)32-22(26(39)40)6-5-10-42-28-33-27(41)34-35-28/h1,7-8,11-13,22H,5-6,9-10,14H2,2-3H3,(H,32,37)(H,39,40)(H,30,31,38)(H2,33,34,35,41)/t22-/m0/s1. The fourth-order valence-corrected chi connectivity index (χ4v) is 5.11. The van der Waals surface area contributed by atoms with Crippen LogP contribution in [0.2, 0.25) is 0 Å². The molecule has 0 fully saturated rings. The van der Waals surface area contributed by atoms with Gasteiger partial charge in [-0.3, -0.25) is 14.6 Å². The monoisotopic (exact) mass is 593 g/mol. The summed E-state index contributed by atoms with van der Waals surface area (Å²) in [5.41, 5.74) is 1.60. The van der Waals surface area contributed by atoms with E-state index < -0.39 is 29.4 Å². The quantitative estimate of drug-likeness (QED) is 0.0938. The van der Waals surface area contributed by atoms with Crippen LogP contribution in [0, 0.1) is 32.0 Å². The number of H-pyrrole nitrogens is 3. The molecule has 218 valence electrons. The van der Waals surface area contributed by atoms with E-state index in [4.69, 9.17) is 6.42 Å². The fourth-order valence-electron chi connectivity index (χ4n) is 4.33. The largest absolute Gasteiger partial charge is 0.480 e. The summed E-state index contributed by atoms with van der Waals surface area (Å²) in [7, 11) is 0. The number of amides is 1. The van der Waals surface area contributed by atoms with Crippen molar-refractivity contribution in [1.29, 1.82) is 0 Å². The number of aryl methyl sites for hydroxylation is 2. The minimum Gasteiger partial charge on any atom is -0.480 e. The summed E-state index contributed by atoms with van der Waals surface area (Å²) in [6.07, 6.45) is 6.05. The number of carbonyl (C=O) groups excluding carboxylic acids is 1. The Morgan fingerprint density at radius 3 is 2.67 bits per heavy atom. The van der Waals surface area contributed by atoms with Gasteiger partial charge in [0.1, 0.15) is 17.7 Å². The zero-order chi connectivity index (χ0) is 30.4. The van der Waals surface area contributed by atoms with E-state index in [1.54, 1.807) is 17.9 Å². The van der Waals surface area contributed by atoms with Crippen LogP contribution in [0.15, 0.2) is 45.1 Å². The molecule has 2 heterocycles. The SMILES string of the molecule is C#CCN(Cc1cc2c(=O)[nH]c(C)nc2cc1C)c1ccc(C(=O)N[C@@H](CCCSc2n[nH]c(=O)[nH]2)C(=O)O)c(F)c1. The predicted molar refractivity (Wildman–Crippen MR) is 156 cm³/mol. The van der Waals surface area contributed by atoms with Crippen molar-refractivity contribution in [1.82, 2.24) is 30.5 Å². The van der Waals surface area contributed by atoms with Crippen molar-refractivity contribution in [2.45, 2.75) is 44.4 Å². The van der Waals surface area contributed by atoms with Gasteiger partial charge in [-0.1, -0.05) is 17.7 Å². The molecular formula is C28H28FN7O5S. The number of aromatic amines is 3. The van der Waals surface area contributed by atoms with Crippen LogP contribution in [-0.2, 0) is 11.3 Å². The normalized spacial score (nSPS) is 11.7. The Bertz CT molecular complexity index is 1790. The number of rotatable bonds is 12. The van der Waals surface area contributed by atoms with Gasteiger partial charge in [-0.05, 0) is 68.1 Å². The minimum absolute atomic E-state index is 0.0847. The van der Waals surface area contributed by atoms with Crippen LogP contribution >= 0.6 is 11.8 Å². The van der Waals surface area contributed by atoms with Gasteiger partial charge < -0.3 is 20.3 Å². The molecule has 42 heavy (non-hydrogen) atoms. The summed E-state index contributed by atoms with van der Waals surface area (Å²) in [5, 5.41) is 18.7. The van der Waals surface area contributed by atoms with Crippen molar-refractivity contribution in [3.63, 3.8) is 0 Å². The van der Waals surface area contributed by atoms with Crippen LogP contribution in [0.1, 0.15) is 40.2 Å². The van der Waals surface area contributed by atoms with Gasteiger partial charge in [-0.15, -0.1) is 11.5 Å². The topological polar surface area (TPSA) is 177 Å². The van der Waals surface area contributed by atoms with Crippen molar-refractivity contribution < 1.29 is 19.1 Å². The van der Waals surface area contributed by atoms with Crippen molar-refractivity contribution in [3.05, 3.63) is 79.5 Å². The van der Waals surface area contributed by atoms with Gasteiger partial charge in [0.05, 0.1) is 23.0 Å². The second-order valence-electron chi connectivity index (χ2n) is 9.51. The first kappa shape index (κ1) is 30.1. The van der Waals surface area contributed by atoms with Crippen LogP contribution < -0.4 is 21.5 Å². The molecule has 14 heteroatoms. The van der Waals surface area contributed by atoms with Gasteiger partial charge >= 0.3 is 11.7 Å². The molecule has 4 aromatic rings. The smallest absolute Gasteiger partial charge is 0.341 e. The number of carboxylic acid groups (broad SMARTS) is 1. The van der Waals surface area contributed by atoms with E-state index >= 15 is 4.39 Å². The van der Waals surface area contributed by atoms with E-state index in [0.29, 0.717) is 39.7 Å². The van der Waals surface area contributed by atoms with Crippen LogP contribution in [-0.4, -0.2) is 60.5 Å². The molecule has 12 nitrogen and oxygen atoms in total. The van der Waals surface area contributed by atoms with E-state index in [2.05, 4.69) is 36.4 Å². The third kappa shape index (κ3) is 7.24. The highest BCUT2D eigenvalue weighted by Crippen LogP contribution is 2.24. The highest BCUT2D eigenvalue weighted by Gasteiger charge is 2.23. The van der Waals surface area contributed by atoms with Crippen LogP contribution in [0.25, 0.3) is 10.9 Å². The number of nitrogens with one attached hydrogen (secondary N) is 4. The Morgan fingerprint density at radius 1 is 1.21 bits per heavy atom. The first-order valence-electron chi connectivity index (χ1n) is 12.8. The van der Waals surface area contributed by atoms with E-state index in [0.717, 1.165) is 17.2 Å². The van der Waals surface area contributed by atoms with E-state index in [1.165, 1.54) is 23.9 Å². The molecule has 1 atom stereocenters. The average Bonchev–Trinajstić information content (AvgIpc) is 3.35. The Hall–Kier alpha value is -4.90. The van der Waals surface area contributed by atoms with E-state index in [1.807, 2.05) is 13.0 Å². The lowest BCUT2D eigenvalue weighted by molar-refractivity contribution is -0.139. The summed E-state index contributed by atoms with van der Waals surface area (Å²) in [4.78, 5) is 59.3. The maximum Gasteiger partial charge on any atom is 0.341 e. The molecule has 2 aromatic heterocycles. The van der Waals surface area contributed by atoms with Gasteiger partial charge in [0.15, 0.2) is 5.16 Å². The molecule has 0 unspecified atom stereocenters. The number of aliphatic carboxylic acids is 1. The number of hydrogen-bond acceptors (Lipinski definition) is 8. The van der Waals surface area contributed by atoms with Gasteiger partial charge in [0, 0.05) is 18.0 Å². The average molecular weight is 594 g/mol. The molecule has 0 spiro atoms. The molecule has 0 saturated heterocycles. The molecular weight excluding hydrogens is 565 g/mol. The highest BCUT2D eigenvalue weighted by atomic mass is 32.2. The van der Waals surface area contributed by atoms with Crippen molar-refractivity contribution in [3.8, 4) is 12.3 Å². The lowest BCUT2D eigenvalue weighted by Crippen LogP contribution is -2.41. The Kier molecular flexibility index (Phi) is 9.43. The first-order chi connectivity index (χ1) is 20.0. The van der Waals surface area contributed by atoms with Crippen molar-refractivity contribution in [2.75, 3.05) is 17.2 Å². The number of carbonyl (C=O) groups is 2. The lowest BCUT2D eigenvalue weighted by Gasteiger charge is -2.24. The fraction of sp³-hybridized carbons (Fsp3) is 0.286. The molecule has 0 bridgehead atoms. The maximum absolute atomic E-state index is 15.2. The van der Waals surface area contributed by atoms with Gasteiger partial charge in [-0.2, -0.15) is 0 Å². The maximum atomic E-state index is 15.2. The number of anilines is 1. The molecule has 0 aliphatic rings. The number of fused-ring (bicyclic) bond motifs is 1.